The molecule has 0 saturated heterocycles. The van der Waals surface area contributed by atoms with Crippen LogP contribution in [0.2, 0.25) is 0 Å². The van der Waals surface area contributed by atoms with Crippen molar-refractivity contribution in [2.75, 3.05) is 0 Å². The third-order valence-corrected chi connectivity index (χ3v) is 10.2. The zero-order valence-corrected chi connectivity index (χ0v) is 27.0. The van der Waals surface area contributed by atoms with Crippen LogP contribution in [-0.2, 0) is 20.7 Å². The summed E-state index contributed by atoms with van der Waals surface area (Å²) in [4.78, 5) is 0.519. The number of rotatable bonds is 10. The lowest BCUT2D eigenvalue weighted by molar-refractivity contribution is 0.0802. The van der Waals surface area contributed by atoms with Gasteiger partial charge in [-0.1, -0.05) is 84.9 Å². The highest BCUT2D eigenvalue weighted by Gasteiger charge is 2.25. The number of benzene rings is 4. The smallest absolute Gasteiger partial charge is 0.206 e. The van der Waals surface area contributed by atoms with Crippen molar-refractivity contribution in [3.05, 3.63) is 114 Å². The van der Waals surface area contributed by atoms with Crippen LogP contribution in [0.25, 0.3) is 0 Å². The van der Waals surface area contributed by atoms with Gasteiger partial charge < -0.3 is 9.47 Å². The van der Waals surface area contributed by atoms with E-state index in [-0.39, 0.29) is 26.2 Å². The Morgan fingerprint density at radius 3 is 1.29 bits per heavy atom. The summed E-state index contributed by atoms with van der Waals surface area (Å²) < 4.78 is 38.7. The Morgan fingerprint density at radius 1 is 0.524 bits per heavy atom. The maximum atomic E-state index is 13.2. The van der Waals surface area contributed by atoms with Crippen LogP contribution in [0.5, 0.6) is 17.2 Å². The standard InChI is InChI=1S/C37H44O4S/c1-9-37(8,10-2)41-32-19-13-29(14-20-32)36(6,7)28-11-17-30(18-12-28)40-31-21-25-34(26-22-31)42(38,39)33-23-15-27(16-24-33)35(3,4)5/h11-26H,9-10H2,1-8H3. The molecule has 0 N–H and O–H groups in total. The molecule has 4 aromatic carbocycles. The first-order valence-corrected chi connectivity index (χ1v) is 16.2. The molecule has 0 aliphatic carbocycles. The molecular formula is C37H44O4S. The van der Waals surface area contributed by atoms with Crippen molar-refractivity contribution in [2.24, 2.45) is 0 Å². The van der Waals surface area contributed by atoms with E-state index < -0.39 is 9.84 Å². The summed E-state index contributed by atoms with van der Waals surface area (Å²) >= 11 is 0. The van der Waals surface area contributed by atoms with Gasteiger partial charge in [-0.25, -0.2) is 8.42 Å². The average Bonchev–Trinajstić information content (AvgIpc) is 2.97. The highest BCUT2D eigenvalue weighted by molar-refractivity contribution is 7.91. The SMILES string of the molecule is CCC(C)(CC)Oc1ccc(C(C)(C)c2ccc(Oc3ccc(S(=O)(=O)c4ccc(C(C)(C)C)cc4)cc3)cc2)cc1. The minimum absolute atomic E-state index is 0.0402. The molecule has 42 heavy (non-hydrogen) atoms. The molecule has 0 atom stereocenters. The zero-order chi connectivity index (χ0) is 30.8. The van der Waals surface area contributed by atoms with Gasteiger partial charge in [-0.15, -0.1) is 0 Å². The molecule has 4 nitrogen and oxygen atoms in total. The minimum atomic E-state index is -3.62. The maximum Gasteiger partial charge on any atom is 0.206 e. The molecule has 4 aromatic rings. The highest BCUT2D eigenvalue weighted by atomic mass is 32.2. The second-order valence-electron chi connectivity index (χ2n) is 12.8. The van der Waals surface area contributed by atoms with E-state index in [1.54, 1.807) is 36.4 Å². The molecule has 0 heterocycles. The van der Waals surface area contributed by atoms with Gasteiger partial charge in [-0.2, -0.15) is 0 Å². The van der Waals surface area contributed by atoms with Crippen LogP contribution in [0.4, 0.5) is 0 Å². The van der Waals surface area contributed by atoms with Crippen molar-refractivity contribution >= 4 is 9.84 Å². The fraction of sp³-hybridized carbons (Fsp3) is 0.351. The van der Waals surface area contributed by atoms with E-state index in [0.717, 1.165) is 29.7 Å². The molecule has 0 radical (unpaired) electrons. The van der Waals surface area contributed by atoms with Gasteiger partial charge in [0.2, 0.25) is 9.84 Å². The third kappa shape index (κ3) is 6.90. The second kappa shape index (κ2) is 12.0. The first-order chi connectivity index (χ1) is 19.7. The van der Waals surface area contributed by atoms with Gasteiger partial charge in [0.1, 0.15) is 22.8 Å². The molecule has 0 aliphatic heterocycles. The Balaban J connectivity index is 1.44. The second-order valence-corrected chi connectivity index (χ2v) is 14.7. The summed E-state index contributed by atoms with van der Waals surface area (Å²) in [6.45, 7) is 17.2. The number of ether oxygens (including phenoxy) is 2. The Hall–Kier alpha value is -3.57. The monoisotopic (exact) mass is 584 g/mol. The van der Waals surface area contributed by atoms with Crippen LogP contribution in [0.3, 0.4) is 0 Å². The van der Waals surface area contributed by atoms with Crippen LogP contribution in [-0.4, -0.2) is 14.0 Å². The molecule has 0 aliphatic rings. The van der Waals surface area contributed by atoms with E-state index in [4.69, 9.17) is 9.47 Å². The first-order valence-electron chi connectivity index (χ1n) is 14.7. The Bertz CT molecular complexity index is 1570. The molecule has 0 spiro atoms. The Kier molecular flexibility index (Phi) is 8.94. The summed E-state index contributed by atoms with van der Waals surface area (Å²) in [5.74, 6) is 2.15. The predicted molar refractivity (Wildman–Crippen MR) is 172 cm³/mol. The molecule has 0 aromatic heterocycles. The van der Waals surface area contributed by atoms with Crippen LogP contribution in [0.15, 0.2) is 107 Å². The zero-order valence-electron chi connectivity index (χ0n) is 26.2. The molecule has 0 amide bonds. The van der Waals surface area contributed by atoms with Crippen molar-refractivity contribution in [1.82, 2.24) is 0 Å². The van der Waals surface area contributed by atoms with Gasteiger partial charge in [-0.05, 0) is 103 Å². The molecule has 0 unspecified atom stereocenters. The fourth-order valence-corrected chi connectivity index (χ4v) is 6.08. The van der Waals surface area contributed by atoms with E-state index in [2.05, 4.69) is 91.8 Å². The normalized spacial score (nSPS) is 12.7. The van der Waals surface area contributed by atoms with Gasteiger partial charge in [0, 0.05) is 5.41 Å². The molecule has 0 bridgehead atoms. The topological polar surface area (TPSA) is 52.6 Å². The highest BCUT2D eigenvalue weighted by Crippen LogP contribution is 2.35. The third-order valence-electron chi connectivity index (χ3n) is 8.41. The van der Waals surface area contributed by atoms with Crippen LogP contribution < -0.4 is 9.47 Å². The quantitative estimate of drug-likeness (QED) is 0.186. The van der Waals surface area contributed by atoms with E-state index in [9.17, 15) is 8.42 Å². The predicted octanol–water partition coefficient (Wildman–Crippen LogP) is 9.89. The van der Waals surface area contributed by atoms with E-state index in [1.807, 2.05) is 24.3 Å². The fourth-order valence-electron chi connectivity index (χ4n) is 4.82. The summed E-state index contributed by atoms with van der Waals surface area (Å²) in [7, 11) is -3.62. The van der Waals surface area contributed by atoms with Crippen molar-refractivity contribution in [1.29, 1.82) is 0 Å². The summed E-state index contributed by atoms with van der Waals surface area (Å²) in [6.07, 6.45) is 1.92. The van der Waals surface area contributed by atoms with Gasteiger partial charge in [0.05, 0.1) is 9.79 Å². The number of hydrogen-bond acceptors (Lipinski definition) is 4. The van der Waals surface area contributed by atoms with Crippen molar-refractivity contribution in [2.45, 2.75) is 94.5 Å². The van der Waals surface area contributed by atoms with Gasteiger partial charge >= 0.3 is 0 Å². The summed E-state index contributed by atoms with van der Waals surface area (Å²) in [6, 6.07) is 30.1. The van der Waals surface area contributed by atoms with Crippen molar-refractivity contribution in [3.63, 3.8) is 0 Å². The lowest BCUT2D eigenvalue weighted by Gasteiger charge is -2.30. The molecule has 0 saturated carbocycles. The Labute approximate surface area is 252 Å². The molecular weight excluding hydrogens is 540 g/mol. The summed E-state index contributed by atoms with van der Waals surface area (Å²) in [5.41, 5.74) is 3.05. The molecule has 0 fully saturated rings. The van der Waals surface area contributed by atoms with Gasteiger partial charge in [-0.3, -0.25) is 0 Å². The van der Waals surface area contributed by atoms with E-state index >= 15 is 0 Å². The first kappa shape index (κ1) is 31.4. The van der Waals surface area contributed by atoms with Crippen molar-refractivity contribution < 1.29 is 17.9 Å². The minimum Gasteiger partial charge on any atom is -0.488 e. The van der Waals surface area contributed by atoms with Crippen LogP contribution in [0.1, 0.15) is 84.9 Å². The Morgan fingerprint density at radius 2 is 0.881 bits per heavy atom. The molecule has 4 rings (SSSR count). The maximum absolute atomic E-state index is 13.2. The lowest BCUT2D eigenvalue weighted by Crippen LogP contribution is -2.30. The lowest BCUT2D eigenvalue weighted by atomic mass is 9.78. The van der Waals surface area contributed by atoms with Crippen molar-refractivity contribution in [3.8, 4) is 17.2 Å². The molecule has 222 valence electrons. The van der Waals surface area contributed by atoms with Crippen LogP contribution in [0, 0.1) is 0 Å². The van der Waals surface area contributed by atoms with E-state index in [0.29, 0.717) is 11.5 Å². The largest absolute Gasteiger partial charge is 0.488 e. The van der Waals surface area contributed by atoms with Crippen LogP contribution >= 0.6 is 0 Å². The molecule has 5 heteroatoms. The van der Waals surface area contributed by atoms with Gasteiger partial charge in [0.15, 0.2) is 0 Å². The van der Waals surface area contributed by atoms with Gasteiger partial charge in [0.25, 0.3) is 0 Å². The number of sulfone groups is 1. The summed E-state index contributed by atoms with van der Waals surface area (Å²) in [5, 5.41) is 0. The number of hydrogen-bond donors (Lipinski definition) is 0. The van der Waals surface area contributed by atoms with E-state index in [1.165, 1.54) is 5.56 Å². The average molecular weight is 585 g/mol.